The highest BCUT2D eigenvalue weighted by molar-refractivity contribution is 9.10. The van der Waals surface area contributed by atoms with Crippen molar-refractivity contribution in [3.05, 3.63) is 34.3 Å². The zero-order valence-corrected chi connectivity index (χ0v) is 16.7. The SMILES string of the molecule is C[C@H](OP1(=S)N(C)[C@@H]2CCCC[C@H]2N1C)c1ccccc1Br. The molecule has 2 fully saturated rings. The standard InChI is InChI=1S/C16H24BrN2OPS/c1-12(13-8-4-5-9-14(13)17)20-21(22)18(2)15-10-6-7-11-16(15)19(21)3/h4-5,8-9,12,15-16H,6-7,10-11H2,1-3H3/t12-,15+,16+/m0/s1. The van der Waals surface area contributed by atoms with Crippen molar-refractivity contribution in [2.45, 2.75) is 50.8 Å². The first-order chi connectivity index (χ1) is 10.4. The van der Waals surface area contributed by atoms with Crippen LogP contribution in [0.25, 0.3) is 0 Å². The van der Waals surface area contributed by atoms with Crippen molar-refractivity contribution in [3.63, 3.8) is 0 Å². The Morgan fingerprint density at radius 2 is 1.73 bits per heavy atom. The number of nitrogens with zero attached hydrogens (tertiary/aromatic N) is 2. The zero-order valence-electron chi connectivity index (χ0n) is 13.4. The third kappa shape index (κ3) is 2.85. The number of hydrogen-bond acceptors (Lipinski definition) is 2. The summed E-state index contributed by atoms with van der Waals surface area (Å²) in [6, 6.07) is 9.38. The molecule has 1 saturated carbocycles. The molecule has 3 atom stereocenters. The summed E-state index contributed by atoms with van der Waals surface area (Å²) in [6.45, 7) is -0.0108. The topological polar surface area (TPSA) is 15.7 Å². The molecule has 0 spiro atoms. The molecule has 22 heavy (non-hydrogen) atoms. The minimum Gasteiger partial charge on any atom is -0.319 e. The van der Waals surface area contributed by atoms with Gasteiger partial charge < -0.3 is 4.52 Å². The van der Waals surface area contributed by atoms with Gasteiger partial charge in [-0.05, 0) is 57.3 Å². The zero-order chi connectivity index (χ0) is 15.9. The molecule has 0 unspecified atom stereocenters. The highest BCUT2D eigenvalue weighted by atomic mass is 79.9. The Morgan fingerprint density at radius 3 is 2.27 bits per heavy atom. The second-order valence-electron chi connectivity index (χ2n) is 6.33. The van der Waals surface area contributed by atoms with Gasteiger partial charge in [-0.1, -0.05) is 47.0 Å². The van der Waals surface area contributed by atoms with E-state index in [0.29, 0.717) is 12.1 Å². The van der Waals surface area contributed by atoms with Gasteiger partial charge in [-0.2, -0.15) is 0 Å². The Labute approximate surface area is 147 Å². The minimum atomic E-state index is -2.12. The molecule has 1 aliphatic carbocycles. The van der Waals surface area contributed by atoms with Gasteiger partial charge in [-0.25, -0.2) is 9.34 Å². The predicted octanol–water partition coefficient (Wildman–Crippen LogP) is 4.94. The van der Waals surface area contributed by atoms with E-state index in [-0.39, 0.29) is 6.10 Å². The maximum absolute atomic E-state index is 6.53. The molecule has 1 heterocycles. The lowest BCUT2D eigenvalue weighted by molar-refractivity contribution is 0.220. The van der Waals surface area contributed by atoms with Crippen LogP contribution in [0.2, 0.25) is 0 Å². The number of benzene rings is 1. The van der Waals surface area contributed by atoms with Gasteiger partial charge in [-0.3, -0.25) is 0 Å². The maximum atomic E-state index is 6.53. The molecule has 1 aliphatic heterocycles. The van der Waals surface area contributed by atoms with Crippen LogP contribution in [0.1, 0.15) is 44.3 Å². The van der Waals surface area contributed by atoms with Gasteiger partial charge in [0.2, 0.25) is 6.57 Å². The van der Waals surface area contributed by atoms with Crippen molar-refractivity contribution in [3.8, 4) is 0 Å². The van der Waals surface area contributed by atoms with Gasteiger partial charge in [0.1, 0.15) is 0 Å². The average Bonchev–Trinajstić information content (AvgIpc) is 2.70. The van der Waals surface area contributed by atoms with E-state index in [4.69, 9.17) is 16.3 Å². The molecule has 0 bridgehead atoms. The molecular weight excluding hydrogens is 379 g/mol. The molecular formula is C16H24BrN2OPS. The average molecular weight is 403 g/mol. The number of hydrogen-bond donors (Lipinski definition) is 0. The maximum Gasteiger partial charge on any atom is 0.204 e. The number of fused-ring (bicyclic) bond motifs is 1. The van der Waals surface area contributed by atoms with E-state index in [1.54, 1.807) is 0 Å². The van der Waals surface area contributed by atoms with Crippen LogP contribution >= 0.6 is 22.5 Å². The number of halogens is 1. The highest BCUT2D eigenvalue weighted by Gasteiger charge is 2.50. The molecule has 0 aromatic heterocycles. The summed E-state index contributed by atoms with van der Waals surface area (Å²) in [4.78, 5) is 0. The molecule has 122 valence electrons. The number of rotatable bonds is 3. The van der Waals surface area contributed by atoms with Crippen LogP contribution in [0.4, 0.5) is 0 Å². The molecule has 1 saturated heterocycles. The largest absolute Gasteiger partial charge is 0.319 e. The normalized spacial score (nSPS) is 30.2. The highest BCUT2D eigenvalue weighted by Crippen LogP contribution is 2.64. The van der Waals surface area contributed by atoms with Crippen LogP contribution < -0.4 is 0 Å². The van der Waals surface area contributed by atoms with Crippen LogP contribution in [-0.2, 0) is 16.3 Å². The van der Waals surface area contributed by atoms with Crippen molar-refractivity contribution in [1.82, 2.24) is 9.34 Å². The van der Waals surface area contributed by atoms with Crippen molar-refractivity contribution in [1.29, 1.82) is 0 Å². The van der Waals surface area contributed by atoms with Crippen LogP contribution in [0, 0.1) is 0 Å². The van der Waals surface area contributed by atoms with Crippen LogP contribution in [0.15, 0.2) is 28.7 Å². The first-order valence-corrected chi connectivity index (χ1v) is 11.4. The minimum absolute atomic E-state index is 0.00791. The lowest BCUT2D eigenvalue weighted by Crippen LogP contribution is -2.37. The molecule has 0 N–H and O–H groups in total. The molecule has 0 amide bonds. The quantitative estimate of drug-likeness (QED) is 0.664. The Hall–Kier alpha value is 0.230. The fourth-order valence-corrected chi connectivity index (χ4v) is 8.05. The van der Waals surface area contributed by atoms with Crippen LogP contribution in [-0.4, -0.2) is 35.5 Å². The molecule has 2 aliphatic rings. The van der Waals surface area contributed by atoms with Crippen molar-refractivity contribution < 1.29 is 4.52 Å². The molecule has 1 aromatic carbocycles. The monoisotopic (exact) mass is 402 g/mol. The lowest BCUT2D eigenvalue weighted by Gasteiger charge is -2.33. The van der Waals surface area contributed by atoms with E-state index in [1.165, 1.54) is 31.2 Å². The second kappa shape index (κ2) is 6.62. The summed E-state index contributed by atoms with van der Waals surface area (Å²) in [5.41, 5.74) is 1.17. The van der Waals surface area contributed by atoms with Gasteiger partial charge in [0.05, 0.1) is 6.10 Å². The number of likely N-dealkylation sites (N-methyl/N-ethyl adjacent to an activating group) is 2. The third-order valence-electron chi connectivity index (χ3n) is 5.09. The van der Waals surface area contributed by atoms with E-state index in [2.05, 4.69) is 64.5 Å². The predicted molar refractivity (Wildman–Crippen MR) is 99.5 cm³/mol. The summed E-state index contributed by atoms with van der Waals surface area (Å²) < 4.78 is 12.4. The summed E-state index contributed by atoms with van der Waals surface area (Å²) >= 11 is 9.70. The van der Waals surface area contributed by atoms with Gasteiger partial charge in [0.15, 0.2) is 0 Å². The summed E-state index contributed by atoms with van der Waals surface area (Å²) in [5.74, 6) is 0. The first kappa shape index (κ1) is 17.1. The van der Waals surface area contributed by atoms with Crippen LogP contribution in [0.3, 0.4) is 0 Å². The lowest BCUT2D eigenvalue weighted by atomic mass is 9.91. The van der Waals surface area contributed by atoms with Crippen molar-refractivity contribution in [2.75, 3.05) is 14.1 Å². The van der Waals surface area contributed by atoms with E-state index in [9.17, 15) is 0 Å². The van der Waals surface area contributed by atoms with E-state index in [1.807, 2.05) is 6.07 Å². The van der Waals surface area contributed by atoms with Crippen molar-refractivity contribution in [2.24, 2.45) is 0 Å². The van der Waals surface area contributed by atoms with Crippen molar-refractivity contribution >= 4 is 34.3 Å². The van der Waals surface area contributed by atoms with Gasteiger partial charge in [0.25, 0.3) is 0 Å². The Morgan fingerprint density at radius 1 is 1.18 bits per heavy atom. The van der Waals surface area contributed by atoms with E-state index in [0.717, 1.165) is 4.47 Å². The second-order valence-corrected chi connectivity index (χ2v) is 11.1. The smallest absolute Gasteiger partial charge is 0.204 e. The fraction of sp³-hybridized carbons (Fsp3) is 0.625. The van der Waals surface area contributed by atoms with Gasteiger partial charge in [0, 0.05) is 16.6 Å². The molecule has 3 nitrogen and oxygen atoms in total. The summed E-state index contributed by atoms with van der Waals surface area (Å²) in [7, 11) is 4.33. The molecule has 6 heteroatoms. The summed E-state index contributed by atoms with van der Waals surface area (Å²) in [5, 5.41) is 0. The molecule has 0 radical (unpaired) electrons. The molecule has 1 aromatic rings. The van der Waals surface area contributed by atoms with E-state index < -0.39 is 6.57 Å². The Balaban J connectivity index is 1.84. The molecule has 3 rings (SSSR count). The fourth-order valence-electron chi connectivity index (χ4n) is 3.78. The van der Waals surface area contributed by atoms with Crippen LogP contribution in [0.5, 0.6) is 0 Å². The van der Waals surface area contributed by atoms with Gasteiger partial charge >= 0.3 is 0 Å². The summed E-state index contributed by atoms with van der Waals surface area (Å²) in [6.07, 6.45) is 5.11. The third-order valence-corrected chi connectivity index (χ3v) is 10.4. The Bertz CT molecular complexity index is 577. The van der Waals surface area contributed by atoms with E-state index >= 15 is 0 Å². The Kier molecular flexibility index (Phi) is 5.13. The van der Waals surface area contributed by atoms with Gasteiger partial charge in [-0.15, -0.1) is 0 Å². The first-order valence-electron chi connectivity index (χ1n) is 7.94.